The first kappa shape index (κ1) is 20.4. The molecular weight excluding hydrogens is 395 g/mol. The van der Waals surface area contributed by atoms with Gasteiger partial charge >= 0.3 is 6.18 Å². The first-order valence-corrected chi connectivity index (χ1v) is 9.18. The molecule has 2 rings (SSSR count). The normalized spacial score (nSPS) is 13.8. The number of halogens is 4. The molecule has 1 heterocycles. The van der Waals surface area contributed by atoms with Crippen molar-refractivity contribution in [3.63, 3.8) is 0 Å². The van der Waals surface area contributed by atoms with E-state index in [0.717, 1.165) is 28.9 Å². The van der Waals surface area contributed by atoms with Gasteiger partial charge in [-0.2, -0.15) is 22.6 Å². The summed E-state index contributed by atoms with van der Waals surface area (Å²) in [5.41, 5.74) is -0.866. The highest BCUT2D eigenvalue weighted by atomic mass is 35.5. The Balaban J connectivity index is 2.61. The molecule has 0 saturated carbocycles. The van der Waals surface area contributed by atoms with Gasteiger partial charge in [0.25, 0.3) is 15.6 Å². The lowest BCUT2D eigenvalue weighted by Gasteiger charge is -2.31. The number of benzene rings is 1. The van der Waals surface area contributed by atoms with Crippen LogP contribution in [0.3, 0.4) is 0 Å². The van der Waals surface area contributed by atoms with Gasteiger partial charge in [0.05, 0.1) is 0 Å². The number of aryl methyl sites for hydroxylation is 1. The summed E-state index contributed by atoms with van der Waals surface area (Å²) in [5.74, 6) is 0. The zero-order valence-electron chi connectivity index (χ0n) is 13.7. The van der Waals surface area contributed by atoms with Crippen LogP contribution in [0.15, 0.2) is 46.2 Å². The molecule has 1 unspecified atom stereocenters. The van der Waals surface area contributed by atoms with Crippen molar-refractivity contribution in [2.75, 3.05) is 6.54 Å². The molecule has 6 nitrogen and oxygen atoms in total. The molecule has 0 saturated heterocycles. The minimum atomic E-state index is -4.88. The van der Waals surface area contributed by atoms with Crippen LogP contribution in [0, 0.1) is 0 Å². The number of alkyl halides is 3. The lowest BCUT2D eigenvalue weighted by atomic mass is 10.1. The molecule has 11 heteroatoms. The van der Waals surface area contributed by atoms with E-state index in [4.69, 9.17) is 11.6 Å². The smallest absolute Gasteiger partial charge is 0.268 e. The highest BCUT2D eigenvalue weighted by Crippen LogP contribution is 2.40. The maximum Gasteiger partial charge on any atom is 0.409 e. The van der Waals surface area contributed by atoms with Crippen molar-refractivity contribution < 1.29 is 21.6 Å². The van der Waals surface area contributed by atoms with Crippen LogP contribution >= 0.6 is 11.6 Å². The Hall–Kier alpha value is -1.91. The van der Waals surface area contributed by atoms with E-state index in [1.54, 1.807) is 0 Å². The molecule has 0 aliphatic carbocycles. The average molecular weight is 410 g/mol. The molecule has 142 valence electrons. The lowest BCUT2D eigenvalue weighted by Crippen LogP contribution is -2.43. The molecule has 0 bridgehead atoms. The number of sulfonamides is 1. The van der Waals surface area contributed by atoms with E-state index >= 15 is 0 Å². The summed E-state index contributed by atoms with van der Waals surface area (Å²) < 4.78 is 67.7. The van der Waals surface area contributed by atoms with Gasteiger partial charge in [-0.15, -0.1) is 0 Å². The lowest BCUT2D eigenvalue weighted by molar-refractivity contribution is -0.173. The van der Waals surface area contributed by atoms with E-state index < -0.39 is 39.4 Å². The Morgan fingerprint density at radius 1 is 1.19 bits per heavy atom. The molecule has 0 radical (unpaired) electrons. The van der Waals surface area contributed by atoms with Crippen LogP contribution in [0.25, 0.3) is 0 Å². The number of aromatic nitrogens is 2. The third-order valence-electron chi connectivity index (χ3n) is 3.60. The van der Waals surface area contributed by atoms with Crippen molar-refractivity contribution in [2.45, 2.75) is 24.2 Å². The Morgan fingerprint density at radius 2 is 1.77 bits per heavy atom. The van der Waals surface area contributed by atoms with Gasteiger partial charge in [-0.1, -0.05) is 30.7 Å². The van der Waals surface area contributed by atoms with E-state index in [1.165, 1.54) is 26.1 Å². The van der Waals surface area contributed by atoms with E-state index in [1.807, 2.05) is 0 Å². The summed E-state index contributed by atoms with van der Waals surface area (Å²) in [5, 5.41) is 3.15. The predicted octanol–water partition coefficient (Wildman–Crippen LogP) is 2.75. The topological polar surface area (TPSA) is 72.3 Å². The fourth-order valence-corrected chi connectivity index (χ4v) is 4.08. The van der Waals surface area contributed by atoms with E-state index in [0.29, 0.717) is 4.31 Å². The third-order valence-corrected chi connectivity index (χ3v) is 5.69. The number of hydrogen-bond donors (Lipinski definition) is 0. The van der Waals surface area contributed by atoms with Crippen molar-refractivity contribution in [2.24, 2.45) is 7.05 Å². The second-order valence-electron chi connectivity index (χ2n) is 5.34. The van der Waals surface area contributed by atoms with Crippen molar-refractivity contribution in [3.8, 4) is 0 Å². The molecule has 1 aromatic carbocycles. The van der Waals surface area contributed by atoms with Crippen LogP contribution in [0.1, 0.15) is 18.5 Å². The Labute approximate surface area is 152 Å². The summed E-state index contributed by atoms with van der Waals surface area (Å²) in [7, 11) is -3.42. The van der Waals surface area contributed by atoms with E-state index in [9.17, 15) is 26.4 Å². The fourth-order valence-electron chi connectivity index (χ4n) is 2.39. The molecule has 26 heavy (non-hydrogen) atoms. The molecular formula is C15H15ClF3N3O3S. The summed E-state index contributed by atoms with van der Waals surface area (Å²) in [6, 6.07) is 4.13. The molecule has 2 aromatic rings. The fraction of sp³-hybridized carbons (Fsp3) is 0.333. The van der Waals surface area contributed by atoms with Crippen LogP contribution in [-0.2, 0) is 17.1 Å². The van der Waals surface area contributed by atoms with Crippen LogP contribution in [0.2, 0.25) is 5.02 Å². The van der Waals surface area contributed by atoms with E-state index in [2.05, 4.69) is 5.10 Å². The minimum Gasteiger partial charge on any atom is -0.268 e. The third kappa shape index (κ3) is 4.08. The number of rotatable bonds is 5. The Morgan fingerprint density at radius 3 is 2.23 bits per heavy atom. The monoisotopic (exact) mass is 409 g/mol. The first-order valence-electron chi connectivity index (χ1n) is 7.37. The largest absolute Gasteiger partial charge is 0.409 e. The molecule has 0 aliphatic heterocycles. The summed E-state index contributed by atoms with van der Waals surface area (Å²) in [4.78, 5) is 11.4. The molecule has 1 atom stereocenters. The SMILES string of the molecule is CCN(C(c1ccc(Cl)cc1)C(F)(F)F)S(=O)(=O)c1ccc(=O)n(C)n1. The molecule has 0 amide bonds. The summed E-state index contributed by atoms with van der Waals surface area (Å²) in [6.45, 7) is 0.827. The van der Waals surface area contributed by atoms with Gasteiger partial charge in [0.1, 0.15) is 6.04 Å². The maximum absolute atomic E-state index is 13.7. The van der Waals surface area contributed by atoms with Crippen molar-refractivity contribution in [1.29, 1.82) is 0 Å². The number of nitrogens with zero attached hydrogens (tertiary/aromatic N) is 3. The second kappa shape index (κ2) is 7.37. The van der Waals surface area contributed by atoms with Crippen LogP contribution < -0.4 is 5.56 Å². The van der Waals surface area contributed by atoms with Gasteiger partial charge in [-0.3, -0.25) is 4.79 Å². The van der Waals surface area contributed by atoms with E-state index in [-0.39, 0.29) is 10.6 Å². The van der Waals surface area contributed by atoms with Crippen LogP contribution in [-0.4, -0.2) is 35.2 Å². The molecule has 0 spiro atoms. The zero-order chi connectivity index (χ0) is 19.7. The molecule has 0 N–H and O–H groups in total. The Bertz CT molecular complexity index is 943. The highest BCUT2D eigenvalue weighted by Gasteiger charge is 2.49. The highest BCUT2D eigenvalue weighted by molar-refractivity contribution is 7.89. The first-order chi connectivity index (χ1) is 12.0. The van der Waals surface area contributed by atoms with Gasteiger partial charge in [0, 0.05) is 24.7 Å². The van der Waals surface area contributed by atoms with Crippen LogP contribution in [0.5, 0.6) is 0 Å². The van der Waals surface area contributed by atoms with Gasteiger partial charge in [-0.25, -0.2) is 13.1 Å². The Kier molecular flexibility index (Phi) is 5.79. The van der Waals surface area contributed by atoms with Crippen LogP contribution in [0.4, 0.5) is 13.2 Å². The summed E-state index contributed by atoms with van der Waals surface area (Å²) in [6.07, 6.45) is -4.88. The quantitative estimate of drug-likeness (QED) is 0.761. The van der Waals surface area contributed by atoms with Gasteiger partial charge in [0.2, 0.25) is 0 Å². The van der Waals surface area contributed by atoms with Gasteiger partial charge in [-0.05, 0) is 23.8 Å². The van der Waals surface area contributed by atoms with Gasteiger partial charge < -0.3 is 0 Å². The molecule has 0 aliphatic rings. The van der Waals surface area contributed by atoms with Crippen molar-refractivity contribution >= 4 is 21.6 Å². The van der Waals surface area contributed by atoms with Gasteiger partial charge in [0.15, 0.2) is 5.03 Å². The average Bonchev–Trinajstić information content (AvgIpc) is 2.54. The van der Waals surface area contributed by atoms with Crippen molar-refractivity contribution in [1.82, 2.24) is 14.1 Å². The summed E-state index contributed by atoms with van der Waals surface area (Å²) >= 11 is 5.71. The predicted molar refractivity (Wildman–Crippen MR) is 89.3 cm³/mol. The zero-order valence-corrected chi connectivity index (χ0v) is 15.3. The van der Waals surface area contributed by atoms with Crippen molar-refractivity contribution in [3.05, 3.63) is 57.3 Å². The minimum absolute atomic E-state index is 0.223. The standard InChI is InChI=1S/C15H15ClF3N3O3S/c1-3-22(26(24,25)12-8-9-13(23)21(2)20-12)14(15(17,18)19)10-4-6-11(16)7-5-10/h4-9,14H,3H2,1-2H3. The molecule has 0 fully saturated rings. The maximum atomic E-state index is 13.7. The second-order valence-corrected chi connectivity index (χ2v) is 7.61. The number of hydrogen-bond acceptors (Lipinski definition) is 4. The molecule has 1 aromatic heterocycles.